The summed E-state index contributed by atoms with van der Waals surface area (Å²) in [5, 5.41) is 8.72. The lowest BCUT2D eigenvalue weighted by Crippen LogP contribution is -2.12. The standard InChI is InChI=1S/C15H15FN4O2S/c1-10-13(5-6-21-10)14-18-19-15(20(14)17)23-8-7-22-12-4-2-3-11(16)9-12/h2-6,9H,7-8,17H2,1H3. The van der Waals surface area contributed by atoms with Crippen LogP contribution in [0, 0.1) is 12.7 Å². The number of rotatable bonds is 6. The Hall–Kier alpha value is -2.48. The first-order chi connectivity index (χ1) is 11.1. The Morgan fingerprint density at radius 3 is 2.96 bits per heavy atom. The van der Waals surface area contributed by atoms with E-state index in [-0.39, 0.29) is 5.82 Å². The largest absolute Gasteiger partial charge is 0.493 e. The molecule has 0 saturated carbocycles. The van der Waals surface area contributed by atoms with Gasteiger partial charge in [0.2, 0.25) is 5.16 Å². The van der Waals surface area contributed by atoms with Gasteiger partial charge >= 0.3 is 0 Å². The van der Waals surface area contributed by atoms with Gasteiger partial charge in [-0.1, -0.05) is 17.8 Å². The van der Waals surface area contributed by atoms with E-state index < -0.39 is 0 Å². The molecule has 0 spiro atoms. The predicted molar refractivity (Wildman–Crippen MR) is 85.2 cm³/mol. The zero-order valence-electron chi connectivity index (χ0n) is 12.4. The van der Waals surface area contributed by atoms with Crippen molar-refractivity contribution >= 4 is 11.8 Å². The molecule has 2 N–H and O–H groups in total. The van der Waals surface area contributed by atoms with E-state index in [0.717, 1.165) is 11.3 Å². The molecule has 0 fully saturated rings. The van der Waals surface area contributed by atoms with Crippen molar-refractivity contribution in [2.75, 3.05) is 18.2 Å². The molecular weight excluding hydrogens is 319 g/mol. The first kappa shape index (κ1) is 15.4. The molecule has 2 heterocycles. The van der Waals surface area contributed by atoms with E-state index in [4.69, 9.17) is 15.0 Å². The number of halogens is 1. The van der Waals surface area contributed by atoms with Gasteiger partial charge in [0.15, 0.2) is 5.82 Å². The van der Waals surface area contributed by atoms with Crippen LogP contribution in [0.25, 0.3) is 11.4 Å². The Morgan fingerprint density at radius 1 is 1.35 bits per heavy atom. The van der Waals surface area contributed by atoms with Crippen LogP contribution in [0.15, 0.2) is 46.2 Å². The average Bonchev–Trinajstić information content (AvgIpc) is 3.10. The smallest absolute Gasteiger partial charge is 0.210 e. The molecule has 23 heavy (non-hydrogen) atoms. The van der Waals surface area contributed by atoms with Gasteiger partial charge in [-0.25, -0.2) is 9.07 Å². The van der Waals surface area contributed by atoms with E-state index in [1.165, 1.54) is 28.6 Å². The van der Waals surface area contributed by atoms with Gasteiger partial charge in [0.25, 0.3) is 0 Å². The molecule has 2 aromatic heterocycles. The monoisotopic (exact) mass is 334 g/mol. The van der Waals surface area contributed by atoms with Crippen LogP contribution < -0.4 is 10.6 Å². The third-order valence-electron chi connectivity index (χ3n) is 3.14. The van der Waals surface area contributed by atoms with E-state index in [1.807, 2.05) is 6.92 Å². The summed E-state index contributed by atoms with van der Waals surface area (Å²) >= 11 is 1.41. The summed E-state index contributed by atoms with van der Waals surface area (Å²) in [5.74, 6) is 8.07. The van der Waals surface area contributed by atoms with Gasteiger partial charge in [-0.05, 0) is 25.1 Å². The Bertz CT molecular complexity index is 802. The fraction of sp³-hybridized carbons (Fsp3) is 0.200. The van der Waals surface area contributed by atoms with Crippen molar-refractivity contribution in [3.63, 3.8) is 0 Å². The summed E-state index contributed by atoms with van der Waals surface area (Å²) in [7, 11) is 0. The predicted octanol–water partition coefficient (Wildman–Crippen LogP) is 2.87. The van der Waals surface area contributed by atoms with Crippen LogP contribution in [0.5, 0.6) is 5.75 Å². The number of aromatic nitrogens is 3. The molecule has 0 radical (unpaired) electrons. The molecule has 0 unspecified atom stereocenters. The van der Waals surface area contributed by atoms with Gasteiger partial charge in [-0.3, -0.25) is 0 Å². The zero-order valence-corrected chi connectivity index (χ0v) is 13.2. The number of nitrogens with two attached hydrogens (primary N) is 1. The lowest BCUT2D eigenvalue weighted by molar-refractivity contribution is 0.342. The summed E-state index contributed by atoms with van der Waals surface area (Å²) in [6.07, 6.45) is 1.58. The molecule has 1 aromatic carbocycles. The van der Waals surface area contributed by atoms with E-state index in [0.29, 0.717) is 29.1 Å². The van der Waals surface area contributed by atoms with Crippen LogP contribution in [-0.4, -0.2) is 27.2 Å². The molecule has 3 aromatic rings. The minimum absolute atomic E-state index is 0.322. The number of nitrogen functional groups attached to an aromatic ring is 1. The van der Waals surface area contributed by atoms with E-state index >= 15 is 0 Å². The highest BCUT2D eigenvalue weighted by atomic mass is 32.2. The summed E-state index contributed by atoms with van der Waals surface area (Å²) in [6.45, 7) is 2.24. The summed E-state index contributed by atoms with van der Waals surface area (Å²) in [5.41, 5.74) is 0.808. The lowest BCUT2D eigenvalue weighted by Gasteiger charge is -2.06. The van der Waals surface area contributed by atoms with Gasteiger partial charge in [0, 0.05) is 11.8 Å². The van der Waals surface area contributed by atoms with Crippen LogP contribution in [0.2, 0.25) is 0 Å². The van der Waals surface area contributed by atoms with E-state index in [2.05, 4.69) is 10.2 Å². The number of furan rings is 1. The molecule has 3 rings (SSSR count). The van der Waals surface area contributed by atoms with Gasteiger partial charge in [-0.2, -0.15) is 0 Å². The topological polar surface area (TPSA) is 79.1 Å². The summed E-state index contributed by atoms with van der Waals surface area (Å²) in [4.78, 5) is 0. The van der Waals surface area contributed by atoms with Gasteiger partial charge < -0.3 is 15.0 Å². The molecule has 6 nitrogen and oxygen atoms in total. The summed E-state index contributed by atoms with van der Waals surface area (Å²) < 4.78 is 25.2. The van der Waals surface area contributed by atoms with Gasteiger partial charge in [0.05, 0.1) is 18.4 Å². The van der Waals surface area contributed by atoms with Crippen molar-refractivity contribution in [2.24, 2.45) is 0 Å². The maximum atomic E-state index is 13.0. The van der Waals surface area contributed by atoms with Gasteiger partial charge in [0.1, 0.15) is 17.3 Å². The molecular formula is C15H15FN4O2S. The second kappa shape index (κ2) is 6.74. The SMILES string of the molecule is Cc1occc1-c1nnc(SCCOc2cccc(F)c2)n1N. The Labute approximate surface area is 136 Å². The van der Waals surface area contributed by atoms with Crippen LogP contribution in [0.1, 0.15) is 5.76 Å². The number of benzene rings is 1. The second-order valence-corrected chi connectivity index (χ2v) is 5.78. The van der Waals surface area contributed by atoms with Crippen LogP contribution in [0.4, 0.5) is 4.39 Å². The normalized spacial score (nSPS) is 10.9. The Balaban J connectivity index is 1.57. The van der Waals surface area contributed by atoms with Crippen molar-refractivity contribution in [2.45, 2.75) is 12.1 Å². The third-order valence-corrected chi connectivity index (χ3v) is 4.05. The Kier molecular flexibility index (Phi) is 4.52. The minimum Gasteiger partial charge on any atom is -0.493 e. The third kappa shape index (κ3) is 3.48. The number of hydrogen-bond acceptors (Lipinski definition) is 6. The molecule has 0 atom stereocenters. The molecule has 0 amide bonds. The van der Waals surface area contributed by atoms with Crippen LogP contribution >= 0.6 is 11.8 Å². The highest BCUT2D eigenvalue weighted by Gasteiger charge is 2.15. The average molecular weight is 334 g/mol. The lowest BCUT2D eigenvalue weighted by atomic mass is 10.2. The second-order valence-electron chi connectivity index (χ2n) is 4.72. The number of ether oxygens (including phenoxy) is 1. The molecule has 0 bridgehead atoms. The molecule has 0 aliphatic heterocycles. The highest BCUT2D eigenvalue weighted by Crippen LogP contribution is 2.25. The molecule has 0 aliphatic carbocycles. The van der Waals surface area contributed by atoms with Crippen molar-refractivity contribution < 1.29 is 13.5 Å². The number of nitrogens with zero attached hydrogens (tertiary/aromatic N) is 3. The summed E-state index contributed by atoms with van der Waals surface area (Å²) in [6, 6.07) is 7.82. The molecule has 120 valence electrons. The fourth-order valence-electron chi connectivity index (χ4n) is 2.03. The first-order valence-electron chi connectivity index (χ1n) is 6.91. The zero-order chi connectivity index (χ0) is 16.2. The van der Waals surface area contributed by atoms with Crippen LogP contribution in [0.3, 0.4) is 0 Å². The van der Waals surface area contributed by atoms with E-state index in [1.54, 1.807) is 24.5 Å². The van der Waals surface area contributed by atoms with Crippen molar-refractivity contribution in [3.8, 4) is 17.1 Å². The number of hydrogen-bond donors (Lipinski definition) is 1. The van der Waals surface area contributed by atoms with Crippen LogP contribution in [-0.2, 0) is 0 Å². The first-order valence-corrected chi connectivity index (χ1v) is 7.90. The van der Waals surface area contributed by atoms with Gasteiger partial charge in [-0.15, -0.1) is 10.2 Å². The maximum Gasteiger partial charge on any atom is 0.210 e. The number of thioether (sulfide) groups is 1. The quantitative estimate of drug-likeness (QED) is 0.424. The van der Waals surface area contributed by atoms with Crippen molar-refractivity contribution in [1.82, 2.24) is 14.9 Å². The Morgan fingerprint density at radius 2 is 2.22 bits per heavy atom. The molecule has 0 saturated heterocycles. The highest BCUT2D eigenvalue weighted by molar-refractivity contribution is 7.99. The maximum absolute atomic E-state index is 13.0. The number of aryl methyl sites for hydroxylation is 1. The fourth-order valence-corrected chi connectivity index (χ4v) is 2.70. The minimum atomic E-state index is -0.322. The van der Waals surface area contributed by atoms with Crippen molar-refractivity contribution in [1.29, 1.82) is 0 Å². The van der Waals surface area contributed by atoms with Crippen molar-refractivity contribution in [3.05, 3.63) is 48.2 Å². The molecule has 0 aliphatic rings. The molecule has 8 heteroatoms. The van der Waals surface area contributed by atoms with E-state index in [9.17, 15) is 4.39 Å².